The molecule has 144 valence electrons. The lowest BCUT2D eigenvalue weighted by Crippen LogP contribution is -2.33. The molecule has 0 radical (unpaired) electrons. The number of methoxy groups -OCH3 is 1. The summed E-state index contributed by atoms with van der Waals surface area (Å²) in [6.45, 7) is 0. The Morgan fingerprint density at radius 2 is 1.86 bits per heavy atom. The Kier molecular flexibility index (Phi) is 5.97. The topological polar surface area (TPSA) is 123 Å². The Morgan fingerprint density at radius 3 is 2.54 bits per heavy atom. The van der Waals surface area contributed by atoms with Gasteiger partial charge < -0.3 is 15.8 Å². The maximum atomic E-state index is 12.1. The standard InChI is InChI=1S/C19H19N5O4/c1-27-18(25)16(20)11-13-7-9-14(10-8-13)21-19(26)22-17-12-24(23-28-17)15-5-3-2-4-6-15/h2-10,12,16H,11,20H2,1H3,(H-,21,22,23,26)/p+1/t16-/m0/s1. The van der Waals surface area contributed by atoms with Crippen molar-refractivity contribution in [3.63, 3.8) is 0 Å². The molecule has 3 rings (SSSR count). The summed E-state index contributed by atoms with van der Waals surface area (Å²) >= 11 is 0. The minimum Gasteiger partial charge on any atom is -0.468 e. The minimum absolute atomic E-state index is 0.196. The quantitative estimate of drug-likeness (QED) is 0.440. The molecule has 0 aliphatic carbocycles. The number of amides is 2. The number of esters is 1. The van der Waals surface area contributed by atoms with Crippen molar-refractivity contribution in [1.82, 2.24) is 5.27 Å². The number of rotatable bonds is 6. The third-order valence-electron chi connectivity index (χ3n) is 3.90. The predicted molar refractivity (Wildman–Crippen MR) is 101 cm³/mol. The molecule has 0 aliphatic rings. The Labute approximate surface area is 161 Å². The second-order valence-corrected chi connectivity index (χ2v) is 5.96. The molecule has 9 nitrogen and oxygen atoms in total. The molecule has 0 saturated carbocycles. The molecule has 2 amide bonds. The summed E-state index contributed by atoms with van der Waals surface area (Å²) in [6.07, 6.45) is 1.91. The van der Waals surface area contributed by atoms with Gasteiger partial charge in [-0.05, 0) is 28.8 Å². The van der Waals surface area contributed by atoms with E-state index in [-0.39, 0.29) is 5.88 Å². The molecule has 1 aromatic heterocycles. The van der Waals surface area contributed by atoms with Gasteiger partial charge in [-0.15, -0.1) is 0 Å². The number of hydrogen-bond acceptors (Lipinski definition) is 6. The van der Waals surface area contributed by atoms with Crippen molar-refractivity contribution >= 4 is 23.6 Å². The highest BCUT2D eigenvalue weighted by Crippen LogP contribution is 2.12. The van der Waals surface area contributed by atoms with E-state index in [1.54, 1.807) is 30.5 Å². The fourth-order valence-electron chi connectivity index (χ4n) is 2.49. The third-order valence-corrected chi connectivity index (χ3v) is 3.90. The van der Waals surface area contributed by atoms with Gasteiger partial charge >= 0.3 is 17.9 Å². The second-order valence-electron chi connectivity index (χ2n) is 5.96. The highest BCUT2D eigenvalue weighted by atomic mass is 16.5. The lowest BCUT2D eigenvalue weighted by atomic mass is 10.1. The monoisotopic (exact) mass is 382 g/mol. The average Bonchev–Trinajstić information content (AvgIpc) is 3.17. The molecule has 0 aliphatic heterocycles. The van der Waals surface area contributed by atoms with Crippen LogP contribution in [0.5, 0.6) is 0 Å². The fraction of sp³-hybridized carbons (Fsp3) is 0.158. The first kappa shape index (κ1) is 19.1. The van der Waals surface area contributed by atoms with Crippen molar-refractivity contribution in [1.29, 1.82) is 0 Å². The zero-order valence-electron chi connectivity index (χ0n) is 15.2. The number of nitrogens with zero attached hydrogens (tertiary/aromatic N) is 2. The maximum absolute atomic E-state index is 12.1. The van der Waals surface area contributed by atoms with E-state index in [4.69, 9.17) is 10.3 Å². The molecule has 3 aromatic rings. The van der Waals surface area contributed by atoms with Gasteiger partial charge in [0.1, 0.15) is 6.04 Å². The molecule has 4 N–H and O–H groups in total. The molecule has 0 saturated heterocycles. The van der Waals surface area contributed by atoms with Crippen LogP contribution in [-0.4, -0.2) is 30.4 Å². The summed E-state index contributed by atoms with van der Waals surface area (Å²) in [5.74, 6) is -0.275. The Balaban J connectivity index is 1.55. The number of nitrogens with one attached hydrogen (secondary N) is 2. The van der Waals surface area contributed by atoms with Crippen molar-refractivity contribution < 1.29 is 23.5 Å². The number of carbonyl (C=O) groups is 2. The van der Waals surface area contributed by atoms with E-state index in [1.807, 2.05) is 30.3 Å². The van der Waals surface area contributed by atoms with Gasteiger partial charge in [0.15, 0.2) is 0 Å². The first-order chi connectivity index (χ1) is 13.5. The predicted octanol–water partition coefficient (Wildman–Crippen LogP) is 1.64. The number of carbonyl (C=O) groups excluding carboxylic acids is 2. The van der Waals surface area contributed by atoms with Crippen molar-refractivity contribution in [2.45, 2.75) is 12.5 Å². The van der Waals surface area contributed by atoms with Crippen LogP contribution in [0.15, 0.2) is 65.3 Å². The number of urea groups is 1. The van der Waals surface area contributed by atoms with Crippen LogP contribution in [0.4, 0.5) is 16.4 Å². The van der Waals surface area contributed by atoms with Crippen LogP contribution in [0.25, 0.3) is 5.69 Å². The molecule has 1 heterocycles. The second kappa shape index (κ2) is 8.78. The molecule has 2 aromatic carbocycles. The van der Waals surface area contributed by atoms with Crippen molar-refractivity contribution in [3.8, 4) is 5.69 Å². The fourth-order valence-corrected chi connectivity index (χ4v) is 2.49. The molecule has 28 heavy (non-hydrogen) atoms. The molecule has 0 spiro atoms. The lowest BCUT2D eigenvalue weighted by molar-refractivity contribution is -0.670. The van der Waals surface area contributed by atoms with Crippen molar-refractivity contribution in [3.05, 3.63) is 66.4 Å². The summed E-state index contributed by atoms with van der Waals surface area (Å²) in [4.78, 5) is 23.5. The van der Waals surface area contributed by atoms with Crippen LogP contribution in [-0.2, 0) is 16.0 Å². The highest BCUT2D eigenvalue weighted by molar-refractivity contribution is 5.98. The first-order valence-electron chi connectivity index (χ1n) is 8.49. The van der Waals surface area contributed by atoms with Crippen LogP contribution in [0, 0.1) is 0 Å². The van der Waals surface area contributed by atoms with Gasteiger partial charge in [0, 0.05) is 17.8 Å². The average molecular weight is 382 g/mol. The van der Waals surface area contributed by atoms with E-state index in [1.165, 1.54) is 11.8 Å². The summed E-state index contributed by atoms with van der Waals surface area (Å²) in [5, 5.41) is 9.11. The SMILES string of the molecule is COC(=O)[C@@H](N)Cc1ccc(NC(=O)Nc2c[n+](-c3ccccc3)no2)cc1. The number of para-hydroxylation sites is 1. The van der Waals surface area contributed by atoms with Crippen LogP contribution in [0.1, 0.15) is 5.56 Å². The Hall–Kier alpha value is -3.72. The normalized spacial score (nSPS) is 11.5. The van der Waals surface area contributed by atoms with E-state index < -0.39 is 18.0 Å². The van der Waals surface area contributed by atoms with Gasteiger partial charge in [-0.2, -0.15) is 0 Å². The van der Waals surface area contributed by atoms with Crippen molar-refractivity contribution in [2.24, 2.45) is 5.73 Å². The van der Waals surface area contributed by atoms with Gasteiger partial charge in [0.25, 0.3) is 6.20 Å². The van der Waals surface area contributed by atoms with Crippen LogP contribution in [0.2, 0.25) is 0 Å². The minimum atomic E-state index is -0.727. The van der Waals surface area contributed by atoms with Gasteiger partial charge in [0.05, 0.1) is 7.11 Å². The van der Waals surface area contributed by atoms with Crippen LogP contribution in [0.3, 0.4) is 0 Å². The number of ether oxygens (including phenoxy) is 1. The van der Waals surface area contributed by atoms with E-state index in [2.05, 4.69) is 20.6 Å². The molecule has 0 bridgehead atoms. The zero-order chi connectivity index (χ0) is 19.9. The van der Waals surface area contributed by atoms with Gasteiger partial charge in [0.2, 0.25) is 11.0 Å². The molecular weight excluding hydrogens is 362 g/mol. The van der Waals surface area contributed by atoms with Gasteiger partial charge in [-0.1, -0.05) is 30.3 Å². The number of anilines is 2. The maximum Gasteiger partial charge on any atom is 0.326 e. The number of benzene rings is 2. The van der Waals surface area contributed by atoms with Crippen LogP contribution < -0.4 is 21.0 Å². The molecule has 0 fully saturated rings. The zero-order valence-corrected chi connectivity index (χ0v) is 15.2. The summed E-state index contributed by atoms with van der Waals surface area (Å²) < 4.78 is 11.2. The highest BCUT2D eigenvalue weighted by Gasteiger charge is 2.17. The molecular formula is C19H20N5O4+. The number of nitrogens with two attached hydrogens (primary N) is 1. The Morgan fingerprint density at radius 1 is 1.14 bits per heavy atom. The van der Waals surface area contributed by atoms with E-state index in [0.29, 0.717) is 12.1 Å². The summed E-state index contributed by atoms with van der Waals surface area (Å²) in [7, 11) is 1.30. The van der Waals surface area contributed by atoms with Crippen molar-refractivity contribution in [2.75, 3.05) is 17.7 Å². The van der Waals surface area contributed by atoms with Gasteiger partial charge in [-0.25, -0.2) is 4.79 Å². The van der Waals surface area contributed by atoms with Crippen LogP contribution >= 0.6 is 0 Å². The molecule has 1 atom stereocenters. The first-order valence-corrected chi connectivity index (χ1v) is 8.49. The third kappa shape index (κ3) is 4.92. The molecule has 9 heteroatoms. The summed E-state index contributed by atoms with van der Waals surface area (Å²) in [5.41, 5.74) is 7.96. The van der Waals surface area contributed by atoms with E-state index in [0.717, 1.165) is 11.3 Å². The Bertz CT molecular complexity index is 940. The largest absolute Gasteiger partial charge is 0.468 e. The number of hydrogen-bond donors (Lipinski definition) is 3. The van der Waals surface area contributed by atoms with Gasteiger partial charge in [-0.3, -0.25) is 14.6 Å². The number of aromatic nitrogens is 2. The smallest absolute Gasteiger partial charge is 0.326 e. The van der Waals surface area contributed by atoms with E-state index in [9.17, 15) is 9.59 Å². The molecule has 0 unspecified atom stereocenters. The summed E-state index contributed by atoms with van der Waals surface area (Å²) in [6, 6.07) is 15.1. The van der Waals surface area contributed by atoms with E-state index >= 15 is 0 Å². The lowest BCUT2D eigenvalue weighted by Gasteiger charge is -2.10.